The molecule has 5 heteroatoms. The van der Waals surface area contributed by atoms with Crippen LogP contribution in [0.4, 0.5) is 0 Å². The van der Waals surface area contributed by atoms with Gasteiger partial charge in [0.25, 0.3) is 0 Å². The molecule has 15 heavy (non-hydrogen) atoms. The molecule has 0 aliphatic rings. The van der Waals surface area contributed by atoms with Gasteiger partial charge >= 0.3 is 5.97 Å². The Morgan fingerprint density at radius 3 is 2.73 bits per heavy atom. The highest BCUT2D eigenvalue weighted by molar-refractivity contribution is 5.86. The average molecular weight is 204 g/mol. The number of hydrogen-bond donors (Lipinski definition) is 1. The molecule has 0 saturated heterocycles. The van der Waals surface area contributed by atoms with Crippen molar-refractivity contribution < 1.29 is 19.5 Å². The minimum absolute atomic E-state index is 0.165. The molecule has 1 aromatic carbocycles. The van der Waals surface area contributed by atoms with Crippen molar-refractivity contribution in [3.63, 3.8) is 0 Å². The van der Waals surface area contributed by atoms with E-state index >= 15 is 0 Å². The molecule has 0 saturated carbocycles. The van der Waals surface area contributed by atoms with Crippen LogP contribution in [0.5, 0.6) is 5.75 Å². The summed E-state index contributed by atoms with van der Waals surface area (Å²) >= 11 is 0. The van der Waals surface area contributed by atoms with Crippen LogP contribution < -0.4 is 5.11 Å². The molecule has 2 aromatic rings. The molecular formula is C10H6NO4-. The fraction of sp³-hybridized carbons (Fsp3) is 0. The summed E-state index contributed by atoms with van der Waals surface area (Å²) in [6, 6.07) is 7.41. The van der Waals surface area contributed by atoms with Crippen LogP contribution in [0.2, 0.25) is 0 Å². The molecule has 5 nitrogen and oxygen atoms in total. The van der Waals surface area contributed by atoms with Gasteiger partial charge in [0.15, 0.2) is 11.5 Å². The fourth-order valence-corrected chi connectivity index (χ4v) is 1.17. The highest BCUT2D eigenvalue weighted by Gasteiger charge is 2.11. The monoisotopic (exact) mass is 204 g/mol. The lowest BCUT2D eigenvalue weighted by Crippen LogP contribution is -1.94. The second kappa shape index (κ2) is 3.45. The minimum atomic E-state index is -1.19. The number of aromatic nitrogens is 1. The maximum absolute atomic E-state index is 11.4. The Bertz CT molecular complexity index is 504. The molecule has 0 amide bonds. The van der Waals surface area contributed by atoms with Crippen LogP contribution in [0.1, 0.15) is 10.5 Å². The number of aromatic carboxylic acids is 1. The molecule has 1 N–H and O–H groups in total. The Morgan fingerprint density at radius 2 is 2.13 bits per heavy atom. The van der Waals surface area contributed by atoms with Gasteiger partial charge in [-0.15, -0.1) is 0 Å². The topological polar surface area (TPSA) is 86.4 Å². The quantitative estimate of drug-likeness (QED) is 0.791. The lowest BCUT2D eigenvalue weighted by atomic mass is 10.1. The van der Waals surface area contributed by atoms with Gasteiger partial charge in [-0.2, -0.15) is 0 Å². The first-order valence-electron chi connectivity index (χ1n) is 4.15. The van der Waals surface area contributed by atoms with Crippen LogP contribution in [0.25, 0.3) is 11.3 Å². The summed E-state index contributed by atoms with van der Waals surface area (Å²) in [7, 11) is 0. The summed E-state index contributed by atoms with van der Waals surface area (Å²) in [5.41, 5.74) is 0.0887. The number of benzene rings is 1. The Balaban J connectivity index is 2.46. The molecule has 1 aromatic heterocycles. The molecule has 1 heterocycles. The first-order chi connectivity index (χ1) is 7.18. The van der Waals surface area contributed by atoms with Gasteiger partial charge in [-0.3, -0.25) is 0 Å². The van der Waals surface area contributed by atoms with Crippen molar-refractivity contribution in [3.05, 3.63) is 36.0 Å². The van der Waals surface area contributed by atoms with Gasteiger partial charge in [-0.1, -0.05) is 35.2 Å². The normalized spacial score (nSPS) is 10.1. The number of nitrogens with zero attached hydrogens (tertiary/aromatic N) is 1. The maximum atomic E-state index is 11.4. The van der Waals surface area contributed by atoms with E-state index in [1.807, 2.05) is 0 Å². The van der Waals surface area contributed by atoms with Crippen LogP contribution in [-0.4, -0.2) is 16.2 Å². The Morgan fingerprint density at radius 1 is 1.40 bits per heavy atom. The molecule has 76 valence electrons. The van der Waals surface area contributed by atoms with Crippen LogP contribution in [0.15, 0.2) is 34.9 Å². The smallest absolute Gasteiger partial charge is 0.358 e. The van der Waals surface area contributed by atoms with Crippen LogP contribution in [-0.2, 0) is 0 Å². The third kappa shape index (κ3) is 1.67. The number of hydrogen-bond acceptors (Lipinski definition) is 4. The number of rotatable bonds is 2. The number of carbonyl (C=O) groups is 1. The summed E-state index contributed by atoms with van der Waals surface area (Å²) in [6.07, 6.45) is 0. The fourth-order valence-electron chi connectivity index (χ4n) is 1.17. The predicted molar refractivity (Wildman–Crippen MR) is 48.3 cm³/mol. The van der Waals surface area contributed by atoms with Crippen molar-refractivity contribution in [2.45, 2.75) is 0 Å². The average Bonchev–Trinajstić information content (AvgIpc) is 2.67. The summed E-state index contributed by atoms with van der Waals surface area (Å²) in [5.74, 6) is -1.25. The van der Waals surface area contributed by atoms with Crippen molar-refractivity contribution in [2.75, 3.05) is 0 Å². The van der Waals surface area contributed by atoms with Crippen LogP contribution >= 0.6 is 0 Å². The molecular weight excluding hydrogens is 198 g/mol. The number of para-hydroxylation sites is 1. The third-order valence-electron chi connectivity index (χ3n) is 1.88. The molecule has 0 atom stereocenters. The molecule has 0 bridgehead atoms. The molecule has 0 fully saturated rings. The molecule has 0 aliphatic carbocycles. The second-order valence-corrected chi connectivity index (χ2v) is 2.88. The van der Waals surface area contributed by atoms with E-state index in [9.17, 15) is 9.90 Å². The van der Waals surface area contributed by atoms with E-state index in [1.165, 1.54) is 12.1 Å². The molecule has 2 rings (SSSR count). The summed E-state index contributed by atoms with van der Waals surface area (Å²) in [4.78, 5) is 10.5. The van der Waals surface area contributed by atoms with Gasteiger partial charge in [0, 0.05) is 11.6 Å². The number of carboxylic acids is 1. The van der Waals surface area contributed by atoms with Crippen molar-refractivity contribution >= 4 is 5.97 Å². The van der Waals surface area contributed by atoms with E-state index in [0.29, 0.717) is 5.56 Å². The first kappa shape index (κ1) is 9.26. The molecule has 0 unspecified atom stereocenters. The summed E-state index contributed by atoms with van der Waals surface area (Å²) < 4.78 is 4.76. The zero-order valence-electron chi connectivity index (χ0n) is 7.51. The highest BCUT2D eigenvalue weighted by atomic mass is 16.5. The van der Waals surface area contributed by atoms with Crippen molar-refractivity contribution in [1.82, 2.24) is 5.16 Å². The lowest BCUT2D eigenvalue weighted by Gasteiger charge is -2.08. The predicted octanol–water partition coefficient (Wildman–Crippen LogP) is 1.11. The second-order valence-electron chi connectivity index (χ2n) is 2.88. The minimum Gasteiger partial charge on any atom is -0.872 e. The van der Waals surface area contributed by atoms with E-state index in [1.54, 1.807) is 18.2 Å². The van der Waals surface area contributed by atoms with Crippen molar-refractivity contribution in [1.29, 1.82) is 0 Å². The summed E-state index contributed by atoms with van der Waals surface area (Å²) in [6.45, 7) is 0. The van der Waals surface area contributed by atoms with Gasteiger partial charge in [0.1, 0.15) is 0 Å². The van der Waals surface area contributed by atoms with Crippen LogP contribution in [0.3, 0.4) is 0 Å². The van der Waals surface area contributed by atoms with E-state index in [0.717, 1.165) is 0 Å². The van der Waals surface area contributed by atoms with Crippen molar-refractivity contribution in [2.24, 2.45) is 0 Å². The van der Waals surface area contributed by atoms with E-state index in [2.05, 4.69) is 5.16 Å². The number of carboxylic acid groups (broad SMARTS) is 1. The summed E-state index contributed by atoms with van der Waals surface area (Å²) in [5, 5.41) is 23.3. The van der Waals surface area contributed by atoms with Gasteiger partial charge in [-0.25, -0.2) is 4.79 Å². The van der Waals surface area contributed by atoms with Gasteiger partial charge in [0.05, 0.1) is 0 Å². The van der Waals surface area contributed by atoms with E-state index in [4.69, 9.17) is 9.63 Å². The third-order valence-corrected chi connectivity index (χ3v) is 1.88. The Kier molecular flexibility index (Phi) is 2.13. The van der Waals surface area contributed by atoms with E-state index < -0.39 is 5.97 Å². The Hall–Kier alpha value is -2.30. The first-order valence-corrected chi connectivity index (χ1v) is 4.15. The zero-order valence-corrected chi connectivity index (χ0v) is 7.51. The van der Waals surface area contributed by atoms with Gasteiger partial charge in [-0.05, 0) is 0 Å². The largest absolute Gasteiger partial charge is 0.872 e. The Labute approximate surface area is 84.6 Å². The molecule has 0 aliphatic heterocycles. The van der Waals surface area contributed by atoms with Gasteiger partial charge in [0.2, 0.25) is 0 Å². The maximum Gasteiger partial charge on any atom is 0.358 e. The van der Waals surface area contributed by atoms with Crippen molar-refractivity contribution in [3.8, 4) is 17.1 Å². The molecule has 0 spiro atoms. The van der Waals surface area contributed by atoms with Crippen LogP contribution in [0, 0.1) is 0 Å². The molecule has 0 radical (unpaired) electrons. The van der Waals surface area contributed by atoms with Gasteiger partial charge < -0.3 is 14.7 Å². The highest BCUT2D eigenvalue weighted by Crippen LogP contribution is 2.26. The SMILES string of the molecule is O=C(O)c1cc(-c2ccccc2[O-])on1. The lowest BCUT2D eigenvalue weighted by molar-refractivity contribution is -0.267. The van der Waals surface area contributed by atoms with E-state index in [-0.39, 0.29) is 17.2 Å². The zero-order chi connectivity index (χ0) is 10.8. The standard InChI is InChI=1S/C10H7NO4/c12-8-4-2-1-3-6(8)9-5-7(10(13)14)11-15-9/h1-5,12H,(H,13,14)/p-1.